The molecule has 0 bridgehead atoms. The summed E-state index contributed by atoms with van der Waals surface area (Å²) in [6.07, 6.45) is 6.91. The van der Waals surface area contributed by atoms with Crippen LogP contribution in [-0.4, -0.2) is 30.2 Å². The van der Waals surface area contributed by atoms with E-state index in [0.717, 1.165) is 30.7 Å². The van der Waals surface area contributed by atoms with Crippen LogP contribution in [0.25, 0.3) is 0 Å². The molecule has 0 aromatic carbocycles. The van der Waals surface area contributed by atoms with Gasteiger partial charge in [0.25, 0.3) is 0 Å². The molecule has 2 N–H and O–H groups in total. The molecule has 3 rings (SSSR count). The topological polar surface area (TPSA) is 64.3 Å². The number of rotatable bonds is 3. The molecule has 2 fully saturated rings. The second kappa shape index (κ2) is 4.63. The van der Waals surface area contributed by atoms with Crippen LogP contribution in [-0.2, 0) is 0 Å². The molecule has 1 atom stereocenters. The number of nitrogens with zero attached hydrogens (tertiary/aromatic N) is 3. The highest BCUT2D eigenvalue weighted by Gasteiger charge is 2.35. The molecule has 5 nitrogen and oxygen atoms in total. The Morgan fingerprint density at radius 2 is 2.11 bits per heavy atom. The van der Waals surface area contributed by atoms with Gasteiger partial charge in [0, 0.05) is 13.1 Å². The van der Waals surface area contributed by atoms with E-state index in [0.29, 0.717) is 11.6 Å². The number of nitrogens with two attached hydrogens (primary N) is 1. The molecule has 1 aromatic rings. The number of anilines is 2. The van der Waals surface area contributed by atoms with Gasteiger partial charge in [-0.2, -0.15) is 0 Å². The predicted octanol–water partition coefficient (Wildman–Crippen LogP) is 1.69. The highest BCUT2D eigenvalue weighted by molar-refractivity contribution is 5.62. The van der Waals surface area contributed by atoms with Crippen molar-refractivity contribution >= 4 is 11.6 Å². The molecule has 1 aromatic heterocycles. The minimum atomic E-state index is 0.427. The van der Waals surface area contributed by atoms with Crippen LogP contribution in [0, 0.1) is 11.8 Å². The minimum absolute atomic E-state index is 0.427. The molecule has 1 saturated heterocycles. The SMILES string of the molecule is COc1c(N)ncnc1N1CCC[C@H](C2CC2)C1. The standard InChI is InChI=1S/C13H20N4O/c1-18-11-12(14)15-8-16-13(11)17-6-2-3-10(7-17)9-4-5-9/h8-10H,2-7H2,1H3,(H2,14,15,16)/t10-/m0/s1. The summed E-state index contributed by atoms with van der Waals surface area (Å²) < 4.78 is 5.35. The average Bonchev–Trinajstić information content (AvgIpc) is 3.23. The average molecular weight is 248 g/mol. The molecule has 1 aliphatic carbocycles. The van der Waals surface area contributed by atoms with Gasteiger partial charge in [0.15, 0.2) is 11.6 Å². The normalized spacial score (nSPS) is 24.1. The first kappa shape index (κ1) is 11.6. The van der Waals surface area contributed by atoms with Gasteiger partial charge in [0.1, 0.15) is 6.33 Å². The summed E-state index contributed by atoms with van der Waals surface area (Å²) in [6.45, 7) is 2.12. The van der Waals surface area contributed by atoms with Crippen LogP contribution in [0.1, 0.15) is 25.7 Å². The number of piperidine rings is 1. The van der Waals surface area contributed by atoms with E-state index in [1.807, 2.05) is 0 Å². The Balaban J connectivity index is 1.82. The third-order valence-corrected chi connectivity index (χ3v) is 4.06. The molecular weight excluding hydrogens is 228 g/mol. The fourth-order valence-electron chi connectivity index (χ4n) is 2.95. The molecule has 18 heavy (non-hydrogen) atoms. The summed E-state index contributed by atoms with van der Waals surface area (Å²) in [7, 11) is 1.63. The smallest absolute Gasteiger partial charge is 0.204 e. The molecule has 5 heteroatoms. The Labute approximate surface area is 107 Å². The summed E-state index contributed by atoms with van der Waals surface area (Å²) in [5.41, 5.74) is 5.84. The van der Waals surface area contributed by atoms with Crippen molar-refractivity contribution in [1.29, 1.82) is 0 Å². The van der Waals surface area contributed by atoms with Crippen molar-refractivity contribution in [1.82, 2.24) is 9.97 Å². The van der Waals surface area contributed by atoms with Crippen LogP contribution in [0.3, 0.4) is 0 Å². The first-order valence-electron chi connectivity index (χ1n) is 6.69. The fourth-order valence-corrected chi connectivity index (χ4v) is 2.95. The number of hydrogen-bond donors (Lipinski definition) is 1. The van der Waals surface area contributed by atoms with Gasteiger partial charge in [0.2, 0.25) is 5.75 Å². The van der Waals surface area contributed by atoms with Gasteiger partial charge in [-0.05, 0) is 37.5 Å². The molecular formula is C13H20N4O. The quantitative estimate of drug-likeness (QED) is 0.882. The van der Waals surface area contributed by atoms with Crippen LogP contribution in [0.2, 0.25) is 0 Å². The van der Waals surface area contributed by atoms with E-state index < -0.39 is 0 Å². The van der Waals surface area contributed by atoms with Crippen molar-refractivity contribution in [2.45, 2.75) is 25.7 Å². The van der Waals surface area contributed by atoms with E-state index in [-0.39, 0.29) is 0 Å². The fraction of sp³-hybridized carbons (Fsp3) is 0.692. The lowest BCUT2D eigenvalue weighted by atomic mass is 9.93. The summed E-state index contributed by atoms with van der Waals surface area (Å²) in [5.74, 6) is 3.66. The van der Waals surface area contributed by atoms with Crippen molar-refractivity contribution in [3.8, 4) is 5.75 Å². The van der Waals surface area contributed by atoms with Gasteiger partial charge >= 0.3 is 0 Å². The second-order valence-corrected chi connectivity index (χ2v) is 5.30. The summed E-state index contributed by atoms with van der Waals surface area (Å²) in [5, 5.41) is 0. The summed E-state index contributed by atoms with van der Waals surface area (Å²) in [4.78, 5) is 10.7. The van der Waals surface area contributed by atoms with Crippen LogP contribution < -0.4 is 15.4 Å². The first-order chi connectivity index (χ1) is 8.79. The summed E-state index contributed by atoms with van der Waals surface area (Å²) in [6, 6.07) is 0. The largest absolute Gasteiger partial charge is 0.490 e. The minimum Gasteiger partial charge on any atom is -0.490 e. The third-order valence-electron chi connectivity index (χ3n) is 4.06. The van der Waals surface area contributed by atoms with Crippen LogP contribution in [0.15, 0.2) is 6.33 Å². The Kier molecular flexibility index (Phi) is 2.97. The van der Waals surface area contributed by atoms with Crippen LogP contribution >= 0.6 is 0 Å². The highest BCUT2D eigenvalue weighted by atomic mass is 16.5. The Bertz CT molecular complexity index is 433. The Morgan fingerprint density at radius 3 is 2.83 bits per heavy atom. The molecule has 0 unspecified atom stereocenters. The van der Waals surface area contributed by atoms with Gasteiger partial charge < -0.3 is 15.4 Å². The van der Waals surface area contributed by atoms with Crippen molar-refractivity contribution in [3.63, 3.8) is 0 Å². The van der Waals surface area contributed by atoms with Crippen molar-refractivity contribution in [2.24, 2.45) is 11.8 Å². The number of ether oxygens (including phenoxy) is 1. The van der Waals surface area contributed by atoms with Crippen molar-refractivity contribution < 1.29 is 4.74 Å². The van der Waals surface area contributed by atoms with Crippen LogP contribution in [0.5, 0.6) is 5.75 Å². The molecule has 0 spiro atoms. The Morgan fingerprint density at radius 1 is 1.28 bits per heavy atom. The van der Waals surface area contributed by atoms with E-state index in [9.17, 15) is 0 Å². The van der Waals surface area contributed by atoms with Gasteiger partial charge in [-0.25, -0.2) is 9.97 Å². The predicted molar refractivity (Wildman–Crippen MR) is 70.7 cm³/mol. The van der Waals surface area contributed by atoms with Gasteiger partial charge in [-0.1, -0.05) is 0 Å². The van der Waals surface area contributed by atoms with Gasteiger partial charge in [0.05, 0.1) is 7.11 Å². The van der Waals surface area contributed by atoms with E-state index in [1.165, 1.54) is 32.0 Å². The lowest BCUT2D eigenvalue weighted by molar-refractivity contribution is 0.364. The lowest BCUT2D eigenvalue weighted by Crippen LogP contribution is -2.37. The Hall–Kier alpha value is -1.52. The number of methoxy groups -OCH3 is 1. The maximum absolute atomic E-state index is 5.84. The maximum Gasteiger partial charge on any atom is 0.204 e. The number of hydrogen-bond acceptors (Lipinski definition) is 5. The van der Waals surface area contributed by atoms with Crippen molar-refractivity contribution in [3.05, 3.63) is 6.33 Å². The van der Waals surface area contributed by atoms with E-state index in [4.69, 9.17) is 10.5 Å². The lowest BCUT2D eigenvalue weighted by Gasteiger charge is -2.34. The molecule has 2 aliphatic rings. The zero-order chi connectivity index (χ0) is 12.5. The summed E-state index contributed by atoms with van der Waals surface area (Å²) >= 11 is 0. The first-order valence-corrected chi connectivity index (χ1v) is 6.69. The van der Waals surface area contributed by atoms with E-state index >= 15 is 0 Å². The molecule has 0 radical (unpaired) electrons. The molecule has 1 aliphatic heterocycles. The number of aromatic nitrogens is 2. The van der Waals surface area contributed by atoms with Crippen molar-refractivity contribution in [2.75, 3.05) is 30.8 Å². The molecule has 0 amide bonds. The van der Waals surface area contributed by atoms with E-state index in [2.05, 4.69) is 14.9 Å². The number of nitrogen functional groups attached to an aromatic ring is 1. The zero-order valence-corrected chi connectivity index (χ0v) is 10.8. The molecule has 98 valence electrons. The molecule has 2 heterocycles. The van der Waals surface area contributed by atoms with E-state index in [1.54, 1.807) is 7.11 Å². The highest BCUT2D eigenvalue weighted by Crippen LogP contribution is 2.42. The maximum atomic E-state index is 5.84. The zero-order valence-electron chi connectivity index (χ0n) is 10.8. The monoisotopic (exact) mass is 248 g/mol. The third kappa shape index (κ3) is 2.09. The second-order valence-electron chi connectivity index (χ2n) is 5.30. The molecule has 1 saturated carbocycles. The van der Waals surface area contributed by atoms with Gasteiger partial charge in [-0.15, -0.1) is 0 Å². The van der Waals surface area contributed by atoms with Gasteiger partial charge in [-0.3, -0.25) is 0 Å². The van der Waals surface area contributed by atoms with Crippen LogP contribution in [0.4, 0.5) is 11.6 Å².